The van der Waals surface area contributed by atoms with Gasteiger partial charge in [-0.25, -0.2) is 30.2 Å². The number of hydrogen-bond acceptors (Lipinski definition) is 6. The second kappa shape index (κ2) is 12.5. The molecule has 2 aliphatic heterocycles. The van der Waals surface area contributed by atoms with Gasteiger partial charge in [-0.1, -0.05) is 47.5 Å². The molecule has 2 unspecified atom stereocenters. The fourth-order valence-corrected chi connectivity index (χ4v) is 4.56. The van der Waals surface area contributed by atoms with Crippen LogP contribution in [0.3, 0.4) is 0 Å². The molecule has 0 aliphatic carbocycles. The number of aromatic nitrogens is 2. The van der Waals surface area contributed by atoms with Gasteiger partial charge in [-0.15, -0.1) is 0 Å². The molecule has 4 rings (SSSR count). The van der Waals surface area contributed by atoms with Gasteiger partial charge in [0, 0.05) is 38.6 Å². The molecule has 2 N–H and O–H groups in total. The van der Waals surface area contributed by atoms with Gasteiger partial charge in [0.25, 0.3) is 11.9 Å². The first kappa shape index (κ1) is 27.0. The Hall–Kier alpha value is -4.04. The van der Waals surface area contributed by atoms with Crippen molar-refractivity contribution in [1.29, 1.82) is 0 Å². The maximum absolute atomic E-state index is 11.1. The number of pyridine rings is 2. The Morgan fingerprint density at radius 1 is 0.842 bits per heavy atom. The molecule has 2 fully saturated rings. The highest BCUT2D eigenvalue weighted by molar-refractivity contribution is 6.29. The summed E-state index contributed by atoms with van der Waals surface area (Å²) in [5, 5.41) is 34.3. The van der Waals surface area contributed by atoms with Gasteiger partial charge in [-0.2, -0.15) is 0 Å². The lowest BCUT2D eigenvalue weighted by Crippen LogP contribution is -2.38. The second-order valence-corrected chi connectivity index (χ2v) is 9.33. The Kier molecular flexibility index (Phi) is 8.86. The minimum atomic E-state index is -0.738. The van der Waals surface area contributed by atoms with Crippen molar-refractivity contribution in [3.63, 3.8) is 0 Å². The first-order valence-electron chi connectivity index (χ1n) is 11.6. The van der Waals surface area contributed by atoms with Crippen molar-refractivity contribution in [2.45, 2.75) is 24.9 Å². The smallest absolute Gasteiger partial charge is 0.272 e. The van der Waals surface area contributed by atoms with Crippen LogP contribution in [-0.4, -0.2) is 80.0 Å². The predicted molar refractivity (Wildman–Crippen MR) is 141 cm³/mol. The van der Waals surface area contributed by atoms with Crippen molar-refractivity contribution >= 4 is 35.1 Å². The minimum Gasteiger partial charge on any atom is -0.349 e. The van der Waals surface area contributed by atoms with Gasteiger partial charge >= 0.3 is 0 Å². The van der Waals surface area contributed by atoms with E-state index in [1.807, 2.05) is 24.3 Å². The van der Waals surface area contributed by atoms with Crippen LogP contribution in [0.25, 0.3) is 0 Å². The lowest BCUT2D eigenvalue weighted by molar-refractivity contribution is -0.485. The molecule has 2 atom stereocenters. The molecule has 2 aromatic rings. The predicted octanol–water partition coefficient (Wildman–Crippen LogP) is 1.77. The minimum absolute atomic E-state index is 0.105. The van der Waals surface area contributed by atoms with Crippen molar-refractivity contribution in [2.75, 3.05) is 26.2 Å². The largest absolute Gasteiger partial charge is 0.349 e. The summed E-state index contributed by atoms with van der Waals surface area (Å²) < 4.78 is 0. The number of rotatable bonds is 10. The molecule has 14 nitrogen and oxygen atoms in total. The Morgan fingerprint density at radius 2 is 1.26 bits per heavy atom. The molecular weight excluding hydrogens is 539 g/mol. The summed E-state index contributed by atoms with van der Waals surface area (Å²) >= 11 is 11.8. The summed E-state index contributed by atoms with van der Waals surface area (Å²) in [6.07, 6.45) is 8.19. The van der Waals surface area contributed by atoms with E-state index in [-0.39, 0.29) is 24.0 Å². The van der Waals surface area contributed by atoms with Crippen LogP contribution >= 0.6 is 23.2 Å². The summed E-state index contributed by atoms with van der Waals surface area (Å²) in [4.78, 5) is 33.9. The first-order chi connectivity index (χ1) is 18.3. The van der Waals surface area contributed by atoms with Crippen LogP contribution in [0.1, 0.15) is 11.1 Å². The Labute approximate surface area is 227 Å². The highest BCUT2D eigenvalue weighted by atomic mass is 35.5. The molecule has 0 aromatic carbocycles. The molecule has 200 valence electrons. The van der Waals surface area contributed by atoms with Crippen molar-refractivity contribution in [2.24, 2.45) is 10.2 Å². The molecule has 2 aromatic heterocycles. The normalized spacial score (nSPS) is 21.3. The average molecular weight is 563 g/mol. The summed E-state index contributed by atoms with van der Waals surface area (Å²) in [5.74, 6) is 0.330. The topological polar surface area (TPSA) is 167 Å². The van der Waals surface area contributed by atoms with Gasteiger partial charge in [0.05, 0.1) is 12.1 Å². The lowest BCUT2D eigenvalue weighted by atomic mass is 10.1. The van der Waals surface area contributed by atoms with E-state index in [1.165, 1.54) is 0 Å². The van der Waals surface area contributed by atoms with Crippen LogP contribution in [-0.2, 0) is 12.8 Å². The van der Waals surface area contributed by atoms with E-state index in [9.17, 15) is 20.2 Å². The molecule has 0 amide bonds. The molecule has 2 aliphatic rings. The molecule has 0 radical (unpaired) electrons. The summed E-state index contributed by atoms with van der Waals surface area (Å²) in [6, 6.07) is 6.90. The summed E-state index contributed by atoms with van der Waals surface area (Å²) in [5.41, 5.74) is 1.86. The lowest BCUT2D eigenvalue weighted by Gasteiger charge is -2.24. The van der Waals surface area contributed by atoms with Crippen molar-refractivity contribution in [1.82, 2.24) is 30.4 Å². The molecular formula is C22H24Cl2N10O4. The van der Waals surface area contributed by atoms with Gasteiger partial charge in [0.2, 0.25) is 0 Å². The van der Waals surface area contributed by atoms with Crippen LogP contribution in [0.5, 0.6) is 0 Å². The molecule has 0 bridgehead atoms. The standard InChI is InChI=1S/C22H24Cl2N10O4/c23-19-5-3-15(11-25-19)9-17-13-27-21(29-33(35)36)31(17)7-1-2-8-32-18(14-28-22(32)30-34(37)38)10-16-4-6-20(24)26-12-16/h1-6,11-12,17-18H,7-10,13-14H2,(H,27,29)(H,28,30). The number of nitrogens with zero attached hydrogens (tertiary/aromatic N) is 8. The number of guanidine groups is 2. The van der Waals surface area contributed by atoms with Gasteiger partial charge in [-0.05, 0) is 36.1 Å². The summed E-state index contributed by atoms with van der Waals surface area (Å²) in [7, 11) is 0. The van der Waals surface area contributed by atoms with Crippen molar-refractivity contribution in [3.8, 4) is 0 Å². The molecule has 2 saturated heterocycles. The van der Waals surface area contributed by atoms with E-state index in [1.54, 1.807) is 34.3 Å². The Bertz CT molecular complexity index is 1140. The molecule has 4 heterocycles. The van der Waals surface area contributed by atoms with Crippen molar-refractivity contribution in [3.05, 3.63) is 90.5 Å². The first-order valence-corrected chi connectivity index (χ1v) is 12.4. The van der Waals surface area contributed by atoms with Crippen LogP contribution in [0.2, 0.25) is 10.3 Å². The second-order valence-electron chi connectivity index (χ2n) is 8.56. The van der Waals surface area contributed by atoms with E-state index < -0.39 is 10.1 Å². The monoisotopic (exact) mass is 562 g/mol. The number of halogens is 2. The number of nitro groups is 2. The van der Waals surface area contributed by atoms with Gasteiger partial charge in [0.15, 0.2) is 10.1 Å². The Morgan fingerprint density at radius 3 is 1.61 bits per heavy atom. The van der Waals surface area contributed by atoms with Crippen molar-refractivity contribution < 1.29 is 10.1 Å². The number of hydrazone groups is 2. The average Bonchev–Trinajstić information content (AvgIpc) is 3.42. The third-order valence-corrected chi connectivity index (χ3v) is 6.51. The highest BCUT2D eigenvalue weighted by Crippen LogP contribution is 2.17. The third kappa shape index (κ3) is 7.26. The fraction of sp³-hybridized carbons (Fsp3) is 0.364. The SMILES string of the molecule is O=[N+]([O-])N=C1NCC(Cc2ccc(Cl)nc2)N1CC=CCN1C(=N[N+](=O)[O-])NCC1Cc1ccc(Cl)nc1. The van der Waals surface area contributed by atoms with E-state index in [0.29, 0.717) is 49.3 Å². The maximum Gasteiger partial charge on any atom is 0.272 e. The third-order valence-electron chi connectivity index (χ3n) is 6.06. The fourth-order valence-electron chi connectivity index (χ4n) is 4.34. The van der Waals surface area contributed by atoms with Crippen LogP contribution in [0, 0.1) is 20.2 Å². The van der Waals surface area contributed by atoms with E-state index in [0.717, 1.165) is 11.1 Å². The molecule has 0 saturated carbocycles. The number of nitrogens with one attached hydrogen (secondary N) is 2. The molecule has 38 heavy (non-hydrogen) atoms. The zero-order valence-electron chi connectivity index (χ0n) is 20.0. The van der Waals surface area contributed by atoms with Crippen LogP contribution in [0.4, 0.5) is 0 Å². The van der Waals surface area contributed by atoms with E-state index >= 15 is 0 Å². The highest BCUT2D eigenvalue weighted by Gasteiger charge is 2.32. The molecule has 0 spiro atoms. The number of hydrogen-bond donors (Lipinski definition) is 2. The summed E-state index contributed by atoms with van der Waals surface area (Å²) in [6.45, 7) is 1.60. The van der Waals surface area contributed by atoms with Crippen LogP contribution in [0.15, 0.2) is 59.0 Å². The van der Waals surface area contributed by atoms with Gasteiger partial charge < -0.3 is 20.4 Å². The van der Waals surface area contributed by atoms with E-state index in [2.05, 4.69) is 30.8 Å². The Balaban J connectivity index is 1.45. The van der Waals surface area contributed by atoms with Gasteiger partial charge in [0.1, 0.15) is 20.5 Å². The maximum atomic E-state index is 11.1. The zero-order chi connectivity index (χ0) is 27.1. The quantitative estimate of drug-likeness (QED) is 0.188. The van der Waals surface area contributed by atoms with E-state index in [4.69, 9.17) is 23.2 Å². The van der Waals surface area contributed by atoms with Crippen LogP contribution < -0.4 is 10.6 Å². The molecule has 16 heteroatoms. The van der Waals surface area contributed by atoms with Gasteiger partial charge in [-0.3, -0.25) is 0 Å². The zero-order valence-corrected chi connectivity index (χ0v) is 21.5.